The predicted octanol–water partition coefficient (Wildman–Crippen LogP) is 1.31. The molecule has 3 heterocycles. The van der Waals surface area contributed by atoms with Crippen LogP contribution in [0.3, 0.4) is 0 Å². The highest BCUT2D eigenvalue weighted by Gasteiger charge is 2.32. The molecule has 1 atom stereocenters. The molecule has 0 aromatic heterocycles. The molecule has 2 fully saturated rings. The lowest BCUT2D eigenvalue weighted by Crippen LogP contribution is -2.53. The number of methoxy groups -OCH3 is 2. The number of ether oxygens (including phenoxy) is 2. The first kappa shape index (κ1) is 22.1. The minimum Gasteiger partial charge on any atom is -0.493 e. The molecule has 0 bridgehead atoms. The van der Waals surface area contributed by atoms with Crippen molar-refractivity contribution >= 4 is 11.5 Å². The zero-order valence-electron chi connectivity index (χ0n) is 18.9. The molecule has 1 aromatic carbocycles. The molecule has 3 N–H and O–H groups in total. The molecule has 0 spiro atoms. The van der Waals surface area contributed by atoms with Gasteiger partial charge in [-0.1, -0.05) is 0 Å². The number of piperidine rings is 1. The third-order valence-electron chi connectivity index (χ3n) is 6.49. The van der Waals surface area contributed by atoms with Gasteiger partial charge in [0.15, 0.2) is 17.8 Å². The first-order valence-electron chi connectivity index (χ1n) is 11.3. The SMILES string of the molecule is COc1cc2c(cc1OC)N(C)C(N1CCCCNCC1)N=C2NC1CCN(O)CC1. The summed E-state index contributed by atoms with van der Waals surface area (Å²) in [5.41, 5.74) is 2.10. The molecule has 172 valence electrons. The first-order chi connectivity index (χ1) is 15.1. The van der Waals surface area contributed by atoms with Crippen LogP contribution in [0.1, 0.15) is 31.2 Å². The molecule has 4 rings (SSSR count). The minimum atomic E-state index is -0.0778. The van der Waals surface area contributed by atoms with Gasteiger partial charge in [-0.25, -0.2) is 4.99 Å². The van der Waals surface area contributed by atoms with Crippen LogP contribution in [0.25, 0.3) is 0 Å². The fourth-order valence-electron chi connectivity index (χ4n) is 4.65. The Hall–Kier alpha value is -2.07. The fraction of sp³-hybridized carbons (Fsp3) is 0.682. The van der Waals surface area contributed by atoms with Gasteiger partial charge in [0.25, 0.3) is 0 Å². The standard InChI is InChI=1S/C22H36N6O3/c1-26-18-15-20(31-3)19(30-2)14-17(18)21(24-16-6-11-28(29)12-7-16)25-22(26)27-10-5-4-8-23-9-13-27/h14-16,22-23,29H,4-13H2,1-3H3,(H,24,25). The first-order valence-corrected chi connectivity index (χ1v) is 11.3. The normalized spacial score (nSPS) is 24.1. The number of nitrogens with one attached hydrogen (secondary N) is 2. The number of benzene rings is 1. The number of anilines is 1. The molecular formula is C22H36N6O3. The average Bonchev–Trinajstić information content (AvgIpc) is 2.76. The lowest BCUT2D eigenvalue weighted by molar-refractivity contribution is -0.107. The summed E-state index contributed by atoms with van der Waals surface area (Å²) in [6.07, 6.45) is 4.02. The van der Waals surface area contributed by atoms with Crippen LogP contribution >= 0.6 is 0 Å². The van der Waals surface area contributed by atoms with Crippen LogP contribution in [0.2, 0.25) is 0 Å². The lowest BCUT2D eigenvalue weighted by atomic mass is 10.0. The van der Waals surface area contributed by atoms with Crippen molar-refractivity contribution in [1.29, 1.82) is 0 Å². The van der Waals surface area contributed by atoms with Crippen molar-refractivity contribution in [3.05, 3.63) is 17.7 Å². The number of rotatable bonds is 4. The molecule has 31 heavy (non-hydrogen) atoms. The summed E-state index contributed by atoms with van der Waals surface area (Å²) in [6, 6.07) is 4.35. The summed E-state index contributed by atoms with van der Waals surface area (Å²) < 4.78 is 11.2. The quantitative estimate of drug-likeness (QED) is 0.657. The molecule has 0 radical (unpaired) electrons. The Bertz CT molecular complexity index is 773. The zero-order valence-corrected chi connectivity index (χ0v) is 18.9. The predicted molar refractivity (Wildman–Crippen MR) is 121 cm³/mol. The highest BCUT2D eigenvalue weighted by atomic mass is 16.5. The Morgan fingerprint density at radius 2 is 1.77 bits per heavy atom. The van der Waals surface area contributed by atoms with Crippen molar-refractivity contribution in [3.8, 4) is 11.5 Å². The van der Waals surface area contributed by atoms with Crippen LogP contribution in [-0.2, 0) is 0 Å². The Morgan fingerprint density at radius 3 is 2.52 bits per heavy atom. The Balaban J connectivity index is 1.68. The van der Waals surface area contributed by atoms with Crippen LogP contribution in [0.4, 0.5) is 5.69 Å². The van der Waals surface area contributed by atoms with E-state index >= 15 is 0 Å². The van der Waals surface area contributed by atoms with E-state index in [1.54, 1.807) is 14.2 Å². The van der Waals surface area contributed by atoms with Crippen molar-refractivity contribution in [2.75, 3.05) is 65.4 Å². The maximum atomic E-state index is 9.74. The van der Waals surface area contributed by atoms with Crippen molar-refractivity contribution in [2.24, 2.45) is 4.99 Å². The molecule has 9 nitrogen and oxygen atoms in total. The van der Waals surface area contributed by atoms with E-state index < -0.39 is 0 Å². The second kappa shape index (κ2) is 10.0. The molecule has 1 aromatic rings. The molecule has 0 amide bonds. The van der Waals surface area contributed by atoms with E-state index in [-0.39, 0.29) is 12.3 Å². The van der Waals surface area contributed by atoms with Gasteiger partial charge in [-0.05, 0) is 38.3 Å². The molecule has 2 saturated heterocycles. The number of hydroxylamine groups is 2. The van der Waals surface area contributed by atoms with Gasteiger partial charge in [0.05, 0.1) is 19.9 Å². The van der Waals surface area contributed by atoms with Gasteiger partial charge in [0.1, 0.15) is 5.84 Å². The highest BCUT2D eigenvalue weighted by Crippen LogP contribution is 2.38. The molecule has 3 aliphatic heterocycles. The van der Waals surface area contributed by atoms with E-state index in [4.69, 9.17) is 14.5 Å². The van der Waals surface area contributed by atoms with Crippen LogP contribution in [-0.4, -0.2) is 93.9 Å². The van der Waals surface area contributed by atoms with Gasteiger partial charge in [0.2, 0.25) is 0 Å². The van der Waals surface area contributed by atoms with E-state index in [1.165, 1.54) is 11.5 Å². The molecule has 0 saturated carbocycles. The number of aliphatic imine (C=N–C) groups is 1. The second-order valence-corrected chi connectivity index (χ2v) is 8.52. The summed E-state index contributed by atoms with van der Waals surface area (Å²) in [7, 11) is 5.44. The van der Waals surface area contributed by atoms with E-state index in [0.717, 1.165) is 68.3 Å². The van der Waals surface area contributed by atoms with Crippen molar-refractivity contribution < 1.29 is 14.7 Å². The molecule has 0 aliphatic carbocycles. The number of hydrogen-bond acceptors (Lipinski definition) is 9. The maximum Gasteiger partial charge on any atom is 0.180 e. The number of hydrogen-bond donors (Lipinski definition) is 3. The van der Waals surface area contributed by atoms with E-state index in [0.29, 0.717) is 18.8 Å². The second-order valence-electron chi connectivity index (χ2n) is 8.52. The van der Waals surface area contributed by atoms with Crippen molar-refractivity contribution in [3.63, 3.8) is 0 Å². The summed E-state index contributed by atoms with van der Waals surface area (Å²) in [5.74, 6) is 2.31. The van der Waals surface area contributed by atoms with Crippen LogP contribution < -0.4 is 25.0 Å². The Labute approximate surface area is 185 Å². The number of amidine groups is 1. The Kier molecular flexibility index (Phi) is 7.16. The third kappa shape index (κ3) is 4.90. The number of fused-ring (bicyclic) bond motifs is 1. The number of nitrogens with zero attached hydrogens (tertiary/aromatic N) is 4. The summed E-state index contributed by atoms with van der Waals surface area (Å²) >= 11 is 0. The smallest absolute Gasteiger partial charge is 0.180 e. The van der Waals surface area contributed by atoms with E-state index in [1.807, 2.05) is 6.07 Å². The van der Waals surface area contributed by atoms with Crippen molar-refractivity contribution in [2.45, 2.75) is 38.0 Å². The van der Waals surface area contributed by atoms with Crippen LogP contribution in [0, 0.1) is 0 Å². The monoisotopic (exact) mass is 432 g/mol. The maximum absolute atomic E-state index is 9.74. The zero-order chi connectivity index (χ0) is 21.8. The van der Waals surface area contributed by atoms with Gasteiger partial charge in [-0.3, -0.25) is 4.90 Å². The van der Waals surface area contributed by atoms with Crippen molar-refractivity contribution in [1.82, 2.24) is 20.6 Å². The molecule has 3 aliphatic rings. The van der Waals surface area contributed by atoms with Gasteiger partial charge < -0.3 is 30.2 Å². The minimum absolute atomic E-state index is 0.0778. The van der Waals surface area contributed by atoms with E-state index in [2.05, 4.69) is 33.5 Å². The molecule has 1 unspecified atom stereocenters. The van der Waals surface area contributed by atoms with E-state index in [9.17, 15) is 5.21 Å². The van der Waals surface area contributed by atoms with Gasteiger partial charge in [-0.2, -0.15) is 5.06 Å². The van der Waals surface area contributed by atoms with Gasteiger partial charge in [0, 0.05) is 57.4 Å². The lowest BCUT2D eigenvalue weighted by Gasteiger charge is -2.42. The van der Waals surface area contributed by atoms with Gasteiger partial charge >= 0.3 is 0 Å². The largest absolute Gasteiger partial charge is 0.493 e. The average molecular weight is 433 g/mol. The summed E-state index contributed by atoms with van der Waals surface area (Å²) in [6.45, 7) is 5.39. The van der Waals surface area contributed by atoms with Crippen LogP contribution in [0.15, 0.2) is 17.1 Å². The van der Waals surface area contributed by atoms with Crippen LogP contribution in [0.5, 0.6) is 11.5 Å². The third-order valence-corrected chi connectivity index (χ3v) is 6.49. The topological polar surface area (TPSA) is 84.8 Å². The highest BCUT2D eigenvalue weighted by molar-refractivity contribution is 6.06. The molecular weight excluding hydrogens is 396 g/mol. The Morgan fingerprint density at radius 1 is 1.03 bits per heavy atom. The summed E-state index contributed by atoms with van der Waals surface area (Å²) in [5, 5.41) is 18.3. The summed E-state index contributed by atoms with van der Waals surface area (Å²) in [4.78, 5) is 9.89. The molecule has 9 heteroatoms. The van der Waals surface area contributed by atoms with Gasteiger partial charge in [-0.15, -0.1) is 0 Å². The fourth-order valence-corrected chi connectivity index (χ4v) is 4.65.